The van der Waals surface area contributed by atoms with Crippen LogP contribution in [0.5, 0.6) is 0 Å². The summed E-state index contributed by atoms with van der Waals surface area (Å²) in [7, 11) is 0. The van der Waals surface area contributed by atoms with Gasteiger partial charge in [0.1, 0.15) is 0 Å². The number of hydrogen-bond donors (Lipinski definition) is 3. The lowest BCUT2D eigenvalue weighted by molar-refractivity contribution is -0.142. The Bertz CT molecular complexity index is 1520. The average Bonchev–Trinajstić information content (AvgIpc) is 2.98. The van der Waals surface area contributed by atoms with E-state index in [4.69, 9.17) is 10.5 Å². The number of halogens is 1. The molecule has 0 bridgehead atoms. The van der Waals surface area contributed by atoms with E-state index in [1.165, 1.54) is 12.3 Å². The number of carbonyl (C=O) groups is 3. The van der Waals surface area contributed by atoms with E-state index in [1.807, 2.05) is 13.0 Å². The molecule has 0 atom stereocenters. The van der Waals surface area contributed by atoms with E-state index in [0.29, 0.717) is 34.5 Å². The van der Waals surface area contributed by atoms with Crippen molar-refractivity contribution in [2.45, 2.75) is 26.3 Å². The number of amides is 2. The Morgan fingerprint density at radius 2 is 1.68 bits per heavy atom. The summed E-state index contributed by atoms with van der Waals surface area (Å²) in [4.78, 5) is 41.4. The van der Waals surface area contributed by atoms with E-state index in [9.17, 15) is 18.8 Å². The largest absolute Gasteiger partial charge is 0.465 e. The number of hydrogen-bond acceptors (Lipinski definition) is 6. The van der Waals surface area contributed by atoms with Crippen molar-refractivity contribution >= 4 is 29.2 Å². The Labute approximate surface area is 231 Å². The zero-order valence-electron chi connectivity index (χ0n) is 21.9. The summed E-state index contributed by atoms with van der Waals surface area (Å²) in [5, 5.41) is 5.41. The van der Waals surface area contributed by atoms with Gasteiger partial charge >= 0.3 is 5.97 Å². The van der Waals surface area contributed by atoms with Gasteiger partial charge in [0.05, 0.1) is 24.9 Å². The van der Waals surface area contributed by atoms with Gasteiger partial charge in [0, 0.05) is 29.6 Å². The van der Waals surface area contributed by atoms with Crippen LogP contribution in [0.4, 0.5) is 15.8 Å². The second-order valence-electron chi connectivity index (χ2n) is 9.01. The molecule has 3 aromatic carbocycles. The first-order valence-electron chi connectivity index (χ1n) is 12.8. The fourth-order valence-electron chi connectivity index (χ4n) is 4.01. The van der Waals surface area contributed by atoms with E-state index in [0.717, 1.165) is 23.7 Å². The molecule has 0 spiro atoms. The fraction of sp³-hybridized carbons (Fsp3) is 0.161. The highest BCUT2D eigenvalue weighted by Gasteiger charge is 2.15. The molecule has 0 fully saturated rings. The zero-order chi connectivity index (χ0) is 28.5. The van der Waals surface area contributed by atoms with Crippen LogP contribution in [-0.2, 0) is 22.5 Å². The predicted molar refractivity (Wildman–Crippen MR) is 151 cm³/mol. The highest BCUT2D eigenvalue weighted by atomic mass is 19.1. The molecule has 40 heavy (non-hydrogen) atoms. The predicted octanol–water partition coefficient (Wildman–Crippen LogP) is 5.35. The molecular weight excluding hydrogens is 511 g/mol. The summed E-state index contributed by atoms with van der Waals surface area (Å²) in [6, 6.07) is 20.3. The second kappa shape index (κ2) is 13.3. The third-order valence-corrected chi connectivity index (χ3v) is 6.08. The molecule has 1 aromatic heterocycles. The molecule has 204 valence electrons. The topological polar surface area (TPSA) is 123 Å². The standard InChI is InChI=1S/C31H29FN4O4/c1-2-14-40-29(37)15-20-6-10-25(11-7-20)35-30(38)22-5-3-4-21(16-22)26-17-23(8-9-24(26)18-33)31(39)36-28-12-13-34-19-27(28)32/h3-13,16-17,19H,2,14-15,18,33H2,1H3,(H,35,38)(H,34,36,39). The highest BCUT2D eigenvalue weighted by molar-refractivity contribution is 6.06. The maximum absolute atomic E-state index is 14.0. The lowest BCUT2D eigenvalue weighted by Gasteiger charge is -2.13. The normalized spacial score (nSPS) is 10.6. The molecule has 0 aliphatic rings. The van der Waals surface area contributed by atoms with Crippen LogP contribution in [-0.4, -0.2) is 29.4 Å². The van der Waals surface area contributed by atoms with Crippen molar-refractivity contribution in [2.75, 3.05) is 17.2 Å². The minimum Gasteiger partial charge on any atom is -0.465 e. The van der Waals surface area contributed by atoms with Crippen molar-refractivity contribution in [3.63, 3.8) is 0 Å². The number of aromatic nitrogens is 1. The van der Waals surface area contributed by atoms with Crippen molar-refractivity contribution in [1.82, 2.24) is 4.98 Å². The third-order valence-electron chi connectivity index (χ3n) is 6.08. The van der Waals surface area contributed by atoms with Gasteiger partial charge in [-0.2, -0.15) is 0 Å². The molecule has 0 unspecified atom stereocenters. The number of nitrogens with zero attached hydrogens (tertiary/aromatic N) is 1. The molecule has 1 heterocycles. The van der Waals surface area contributed by atoms with Crippen LogP contribution in [0.25, 0.3) is 11.1 Å². The van der Waals surface area contributed by atoms with Gasteiger partial charge in [-0.3, -0.25) is 19.4 Å². The molecule has 2 amide bonds. The Balaban J connectivity index is 1.50. The van der Waals surface area contributed by atoms with Crippen molar-refractivity contribution in [3.05, 3.63) is 113 Å². The molecule has 0 aliphatic heterocycles. The minimum absolute atomic E-state index is 0.0209. The number of esters is 1. The van der Waals surface area contributed by atoms with Crippen LogP contribution < -0.4 is 16.4 Å². The molecule has 0 aliphatic carbocycles. The molecule has 0 radical (unpaired) electrons. The van der Waals surface area contributed by atoms with Crippen molar-refractivity contribution in [2.24, 2.45) is 5.73 Å². The monoisotopic (exact) mass is 540 g/mol. The maximum atomic E-state index is 14.0. The lowest BCUT2D eigenvalue weighted by Crippen LogP contribution is -2.14. The first kappa shape index (κ1) is 28.1. The molecule has 4 aromatic rings. The number of nitrogens with one attached hydrogen (secondary N) is 2. The summed E-state index contributed by atoms with van der Waals surface area (Å²) in [5.41, 5.74) is 10.2. The van der Waals surface area contributed by atoms with Gasteiger partial charge in [-0.15, -0.1) is 0 Å². The Hall–Kier alpha value is -4.89. The van der Waals surface area contributed by atoms with Gasteiger partial charge in [0.2, 0.25) is 0 Å². The Morgan fingerprint density at radius 1 is 0.925 bits per heavy atom. The molecule has 8 nitrogen and oxygen atoms in total. The van der Waals surface area contributed by atoms with Crippen LogP contribution in [0.15, 0.2) is 85.2 Å². The number of ether oxygens (including phenoxy) is 1. The van der Waals surface area contributed by atoms with Crippen molar-refractivity contribution < 1.29 is 23.5 Å². The van der Waals surface area contributed by atoms with Gasteiger partial charge in [0.25, 0.3) is 11.8 Å². The molecule has 0 saturated carbocycles. The molecule has 4 rings (SSSR count). The van der Waals surface area contributed by atoms with E-state index < -0.39 is 11.7 Å². The molecular formula is C31H29FN4O4. The average molecular weight is 541 g/mol. The van der Waals surface area contributed by atoms with Gasteiger partial charge in [-0.1, -0.05) is 37.3 Å². The molecule has 0 saturated heterocycles. The van der Waals surface area contributed by atoms with Crippen LogP contribution in [0.3, 0.4) is 0 Å². The SMILES string of the molecule is CCCOC(=O)Cc1ccc(NC(=O)c2cccc(-c3cc(C(=O)Nc4ccncc4F)ccc3CN)c2)cc1. The smallest absolute Gasteiger partial charge is 0.310 e. The van der Waals surface area contributed by atoms with Crippen LogP contribution in [0, 0.1) is 5.82 Å². The molecule has 4 N–H and O–H groups in total. The van der Waals surface area contributed by atoms with E-state index in [2.05, 4.69) is 15.6 Å². The quantitative estimate of drug-likeness (QED) is 0.233. The van der Waals surface area contributed by atoms with Gasteiger partial charge in [-0.25, -0.2) is 4.39 Å². The summed E-state index contributed by atoms with van der Waals surface area (Å²) in [5.74, 6) is -1.75. The van der Waals surface area contributed by atoms with E-state index in [-0.39, 0.29) is 30.5 Å². The number of nitrogens with two attached hydrogens (primary N) is 1. The van der Waals surface area contributed by atoms with Gasteiger partial charge in [-0.05, 0) is 71.1 Å². The van der Waals surface area contributed by atoms with Crippen LogP contribution in [0.1, 0.15) is 45.2 Å². The van der Waals surface area contributed by atoms with Crippen LogP contribution >= 0.6 is 0 Å². The summed E-state index contributed by atoms with van der Waals surface area (Å²) in [6.45, 7) is 2.54. The third kappa shape index (κ3) is 7.15. The number of anilines is 2. The summed E-state index contributed by atoms with van der Waals surface area (Å²) < 4.78 is 19.1. The maximum Gasteiger partial charge on any atom is 0.310 e. The zero-order valence-corrected chi connectivity index (χ0v) is 21.9. The van der Waals surface area contributed by atoms with Crippen molar-refractivity contribution in [3.8, 4) is 11.1 Å². The Kier molecular flexibility index (Phi) is 9.32. The second-order valence-corrected chi connectivity index (χ2v) is 9.01. The number of rotatable bonds is 10. The minimum atomic E-state index is -0.641. The van der Waals surface area contributed by atoms with Gasteiger partial charge in [0.15, 0.2) is 5.82 Å². The Morgan fingerprint density at radius 3 is 2.40 bits per heavy atom. The van der Waals surface area contributed by atoms with Crippen molar-refractivity contribution in [1.29, 1.82) is 0 Å². The number of benzene rings is 3. The highest BCUT2D eigenvalue weighted by Crippen LogP contribution is 2.27. The first-order valence-corrected chi connectivity index (χ1v) is 12.8. The first-order chi connectivity index (χ1) is 19.4. The fourth-order valence-corrected chi connectivity index (χ4v) is 4.01. The summed E-state index contributed by atoms with van der Waals surface area (Å²) >= 11 is 0. The summed E-state index contributed by atoms with van der Waals surface area (Å²) in [6.07, 6.45) is 3.33. The van der Waals surface area contributed by atoms with E-state index in [1.54, 1.807) is 60.7 Å². The number of carbonyl (C=O) groups excluding carboxylic acids is 3. The van der Waals surface area contributed by atoms with Gasteiger partial charge < -0.3 is 21.1 Å². The van der Waals surface area contributed by atoms with E-state index >= 15 is 0 Å². The molecule has 9 heteroatoms. The lowest BCUT2D eigenvalue weighted by atomic mass is 9.95. The number of pyridine rings is 1. The van der Waals surface area contributed by atoms with Crippen LogP contribution in [0.2, 0.25) is 0 Å².